The molecule has 5 aromatic rings. The molecule has 9 heteroatoms. The van der Waals surface area contributed by atoms with Gasteiger partial charge in [-0.15, -0.1) is 21.5 Å². The monoisotopic (exact) mass is 491 g/mol. The SMILES string of the molecule is Cc1ccc(-c2csc3nc(CSc4nnc(Nc5c(C)cccc5C)s4)[nH]c(=O)c23)cc1. The number of H-pyrrole nitrogens is 1. The van der Waals surface area contributed by atoms with Crippen molar-refractivity contribution in [2.75, 3.05) is 5.32 Å². The van der Waals surface area contributed by atoms with E-state index in [4.69, 9.17) is 4.98 Å². The van der Waals surface area contributed by atoms with Gasteiger partial charge in [-0.05, 0) is 37.5 Å². The average molecular weight is 492 g/mol. The number of benzene rings is 2. The van der Waals surface area contributed by atoms with Gasteiger partial charge in [0, 0.05) is 16.6 Å². The van der Waals surface area contributed by atoms with E-state index in [1.165, 1.54) is 40.0 Å². The zero-order valence-corrected chi connectivity index (χ0v) is 20.8. The minimum absolute atomic E-state index is 0.109. The van der Waals surface area contributed by atoms with E-state index in [1.807, 2.05) is 23.6 Å². The summed E-state index contributed by atoms with van der Waals surface area (Å²) in [4.78, 5) is 21.3. The second kappa shape index (κ2) is 9.09. The van der Waals surface area contributed by atoms with E-state index in [1.54, 1.807) is 0 Å². The number of hydrogen-bond donors (Lipinski definition) is 2. The third kappa shape index (κ3) is 4.57. The molecule has 3 aromatic heterocycles. The fourth-order valence-corrected chi connectivity index (χ4v) is 6.17. The Morgan fingerprint density at radius 3 is 2.55 bits per heavy atom. The van der Waals surface area contributed by atoms with Crippen LogP contribution in [0.1, 0.15) is 22.5 Å². The molecule has 0 atom stereocenters. The van der Waals surface area contributed by atoms with E-state index in [0.29, 0.717) is 17.0 Å². The van der Waals surface area contributed by atoms with Crippen molar-refractivity contribution >= 4 is 55.5 Å². The van der Waals surface area contributed by atoms with E-state index in [0.717, 1.165) is 42.2 Å². The highest BCUT2D eigenvalue weighted by molar-refractivity contribution is 8.00. The molecule has 0 aliphatic carbocycles. The van der Waals surface area contributed by atoms with E-state index in [9.17, 15) is 4.79 Å². The molecule has 166 valence electrons. The molecule has 5 rings (SSSR count). The van der Waals surface area contributed by atoms with Crippen LogP contribution in [-0.2, 0) is 5.75 Å². The number of rotatable bonds is 6. The standard InChI is InChI=1S/C24H21N5OS3/c1-13-7-9-16(10-8-13)17-11-31-22-19(17)21(30)25-18(26-22)12-32-24-29-28-23(33-24)27-20-14(2)5-4-6-15(20)3/h4-11H,12H2,1-3H3,(H,27,28)(H,25,26,30). The lowest BCUT2D eigenvalue weighted by molar-refractivity contribution is 1.00. The number of nitrogens with zero attached hydrogens (tertiary/aromatic N) is 3. The van der Waals surface area contributed by atoms with Crippen LogP contribution in [-0.4, -0.2) is 20.2 Å². The van der Waals surface area contributed by atoms with Gasteiger partial charge in [0.1, 0.15) is 10.7 Å². The molecule has 0 unspecified atom stereocenters. The summed E-state index contributed by atoms with van der Waals surface area (Å²) in [5, 5.41) is 15.3. The molecule has 0 saturated heterocycles. The van der Waals surface area contributed by atoms with Crippen molar-refractivity contribution < 1.29 is 0 Å². The Balaban J connectivity index is 1.32. The summed E-state index contributed by atoms with van der Waals surface area (Å²) in [6, 6.07) is 14.4. The smallest absolute Gasteiger partial charge is 0.260 e. The van der Waals surface area contributed by atoms with Crippen LogP contribution in [0.5, 0.6) is 0 Å². The molecular formula is C24H21N5OS3. The van der Waals surface area contributed by atoms with Gasteiger partial charge >= 0.3 is 0 Å². The van der Waals surface area contributed by atoms with E-state index in [2.05, 4.69) is 65.5 Å². The van der Waals surface area contributed by atoms with Gasteiger partial charge in [-0.3, -0.25) is 4.79 Å². The summed E-state index contributed by atoms with van der Waals surface area (Å²) in [5.74, 6) is 1.15. The Morgan fingerprint density at radius 2 is 1.79 bits per heavy atom. The molecule has 6 nitrogen and oxygen atoms in total. The summed E-state index contributed by atoms with van der Waals surface area (Å²) in [6.07, 6.45) is 0. The largest absolute Gasteiger partial charge is 0.330 e. The predicted molar refractivity (Wildman–Crippen MR) is 139 cm³/mol. The maximum absolute atomic E-state index is 12.9. The molecule has 0 aliphatic rings. The fourth-order valence-electron chi connectivity index (χ4n) is 3.57. The van der Waals surface area contributed by atoms with Gasteiger partial charge in [-0.1, -0.05) is 71.1 Å². The number of aromatic nitrogens is 4. The Bertz CT molecular complexity index is 1480. The van der Waals surface area contributed by atoms with Crippen LogP contribution in [0.2, 0.25) is 0 Å². The highest BCUT2D eigenvalue weighted by atomic mass is 32.2. The predicted octanol–water partition coefficient (Wildman–Crippen LogP) is 6.46. The molecule has 0 amide bonds. The number of aromatic amines is 1. The third-order valence-electron chi connectivity index (χ3n) is 5.31. The van der Waals surface area contributed by atoms with Crippen LogP contribution >= 0.6 is 34.4 Å². The maximum atomic E-state index is 12.9. The van der Waals surface area contributed by atoms with Gasteiger partial charge in [0.15, 0.2) is 4.34 Å². The first-order valence-electron chi connectivity index (χ1n) is 10.3. The van der Waals surface area contributed by atoms with Crippen LogP contribution < -0.4 is 10.9 Å². The van der Waals surface area contributed by atoms with E-state index < -0.39 is 0 Å². The first kappa shape index (κ1) is 21.8. The van der Waals surface area contributed by atoms with Gasteiger partial charge in [-0.25, -0.2) is 4.98 Å². The van der Waals surface area contributed by atoms with Crippen LogP contribution in [0, 0.1) is 20.8 Å². The summed E-state index contributed by atoms with van der Waals surface area (Å²) in [6.45, 7) is 6.19. The normalized spacial score (nSPS) is 11.2. The molecule has 3 heterocycles. The second-order valence-corrected chi connectivity index (χ2v) is 10.8. The Labute approximate surface area is 203 Å². The van der Waals surface area contributed by atoms with Gasteiger partial charge < -0.3 is 10.3 Å². The maximum Gasteiger partial charge on any atom is 0.260 e. The first-order valence-corrected chi connectivity index (χ1v) is 13.0. The zero-order chi connectivity index (χ0) is 22.9. The number of para-hydroxylation sites is 1. The van der Waals surface area contributed by atoms with Crippen LogP contribution in [0.15, 0.2) is 57.0 Å². The van der Waals surface area contributed by atoms with Gasteiger partial charge in [-0.2, -0.15) is 0 Å². The summed E-state index contributed by atoms with van der Waals surface area (Å²) >= 11 is 4.49. The van der Waals surface area contributed by atoms with Gasteiger partial charge in [0.05, 0.1) is 11.1 Å². The molecule has 0 fully saturated rings. The average Bonchev–Trinajstić information content (AvgIpc) is 3.43. The van der Waals surface area contributed by atoms with Crippen LogP contribution in [0.25, 0.3) is 21.3 Å². The quantitative estimate of drug-likeness (QED) is 0.265. The molecule has 0 bridgehead atoms. The number of fused-ring (bicyclic) bond motifs is 1. The summed E-state index contributed by atoms with van der Waals surface area (Å²) in [5.41, 5.74) is 6.42. The summed E-state index contributed by atoms with van der Waals surface area (Å²) in [7, 11) is 0. The van der Waals surface area contributed by atoms with Crippen molar-refractivity contribution in [3.05, 3.63) is 80.7 Å². The molecule has 0 aliphatic heterocycles. The number of nitrogens with one attached hydrogen (secondary N) is 2. The molecule has 2 N–H and O–H groups in total. The Kier molecular flexibility index (Phi) is 6.01. The van der Waals surface area contributed by atoms with Crippen LogP contribution in [0.4, 0.5) is 10.8 Å². The topological polar surface area (TPSA) is 83.6 Å². The molecule has 33 heavy (non-hydrogen) atoms. The molecule has 0 spiro atoms. The zero-order valence-electron chi connectivity index (χ0n) is 18.3. The first-order chi connectivity index (χ1) is 16.0. The van der Waals surface area contributed by atoms with Crippen molar-refractivity contribution in [3.63, 3.8) is 0 Å². The van der Waals surface area contributed by atoms with E-state index in [-0.39, 0.29) is 5.56 Å². The van der Waals surface area contributed by atoms with Crippen molar-refractivity contribution in [2.24, 2.45) is 0 Å². The van der Waals surface area contributed by atoms with Crippen molar-refractivity contribution in [2.45, 2.75) is 30.9 Å². The lowest BCUT2D eigenvalue weighted by Gasteiger charge is -2.09. The van der Waals surface area contributed by atoms with Gasteiger partial charge in [0.25, 0.3) is 5.56 Å². The number of thioether (sulfide) groups is 1. The highest BCUT2D eigenvalue weighted by Crippen LogP contribution is 2.33. The number of anilines is 2. The van der Waals surface area contributed by atoms with Crippen molar-refractivity contribution in [1.29, 1.82) is 0 Å². The highest BCUT2D eigenvalue weighted by Gasteiger charge is 2.14. The lowest BCUT2D eigenvalue weighted by atomic mass is 10.1. The number of thiophene rings is 1. The second-order valence-electron chi connectivity index (χ2n) is 7.76. The van der Waals surface area contributed by atoms with Crippen molar-refractivity contribution in [3.8, 4) is 11.1 Å². The number of hydrogen-bond acceptors (Lipinski definition) is 8. The number of aryl methyl sites for hydroxylation is 3. The van der Waals surface area contributed by atoms with Crippen LogP contribution in [0.3, 0.4) is 0 Å². The Hall–Kier alpha value is -3.01. The van der Waals surface area contributed by atoms with E-state index >= 15 is 0 Å². The fraction of sp³-hybridized carbons (Fsp3) is 0.167. The lowest BCUT2D eigenvalue weighted by Crippen LogP contribution is -2.10. The molecular weight excluding hydrogens is 470 g/mol. The minimum atomic E-state index is -0.109. The van der Waals surface area contributed by atoms with Crippen molar-refractivity contribution in [1.82, 2.24) is 20.2 Å². The molecule has 2 aromatic carbocycles. The molecule has 0 radical (unpaired) electrons. The van der Waals surface area contributed by atoms with Gasteiger partial charge in [0.2, 0.25) is 5.13 Å². The molecule has 0 saturated carbocycles. The third-order valence-corrected chi connectivity index (χ3v) is 8.16. The Morgan fingerprint density at radius 1 is 1.03 bits per heavy atom. The minimum Gasteiger partial charge on any atom is -0.330 e. The summed E-state index contributed by atoms with van der Waals surface area (Å²) < 4.78 is 0.818.